The quantitative estimate of drug-likeness (QED) is 0.898. The van der Waals surface area contributed by atoms with Crippen LogP contribution in [0, 0.1) is 5.92 Å². The lowest BCUT2D eigenvalue weighted by Crippen LogP contribution is -2.61. The Balaban J connectivity index is 1.96. The van der Waals surface area contributed by atoms with Crippen LogP contribution in [0.15, 0.2) is 28.7 Å². The second-order valence-corrected chi connectivity index (χ2v) is 8.51. The molecule has 1 aromatic carbocycles. The Hall–Kier alpha value is -0.390. The lowest BCUT2D eigenvalue weighted by molar-refractivity contribution is 0.190. The summed E-state index contributed by atoms with van der Waals surface area (Å²) in [6.45, 7) is 1.78. The number of benzene rings is 1. The molecule has 1 atom stereocenters. The zero-order valence-corrected chi connectivity index (χ0v) is 12.4. The van der Waals surface area contributed by atoms with Gasteiger partial charge in [0.2, 0.25) is 0 Å². The molecule has 3 rings (SSSR count). The SMILES string of the molecule is O=S1(=O)CCC(C2(c3cccc(Br)c3)CNC2)C1. The molecule has 0 bridgehead atoms. The molecule has 18 heavy (non-hydrogen) atoms. The first-order valence-electron chi connectivity index (χ1n) is 6.19. The molecule has 2 saturated heterocycles. The van der Waals surface area contributed by atoms with Gasteiger partial charge in [-0.15, -0.1) is 0 Å². The van der Waals surface area contributed by atoms with Crippen molar-refractivity contribution in [3.63, 3.8) is 0 Å². The van der Waals surface area contributed by atoms with Gasteiger partial charge in [0.1, 0.15) is 0 Å². The summed E-state index contributed by atoms with van der Waals surface area (Å²) in [7, 11) is -2.81. The fourth-order valence-electron chi connectivity index (χ4n) is 3.15. The third-order valence-corrected chi connectivity index (χ3v) is 6.56. The van der Waals surface area contributed by atoms with E-state index in [1.165, 1.54) is 5.56 Å². The summed E-state index contributed by atoms with van der Waals surface area (Å²) in [4.78, 5) is 0. The van der Waals surface area contributed by atoms with Gasteiger partial charge >= 0.3 is 0 Å². The molecule has 98 valence electrons. The average molecular weight is 330 g/mol. The normalized spacial score (nSPS) is 28.8. The van der Waals surface area contributed by atoms with Crippen molar-refractivity contribution in [2.24, 2.45) is 5.92 Å². The topological polar surface area (TPSA) is 46.2 Å². The second kappa shape index (κ2) is 4.32. The molecule has 0 radical (unpaired) electrons. The van der Waals surface area contributed by atoms with Crippen molar-refractivity contribution in [1.82, 2.24) is 5.32 Å². The van der Waals surface area contributed by atoms with Gasteiger partial charge in [-0.1, -0.05) is 28.1 Å². The van der Waals surface area contributed by atoms with Crippen molar-refractivity contribution in [2.45, 2.75) is 11.8 Å². The largest absolute Gasteiger partial charge is 0.315 e. The molecule has 2 aliphatic heterocycles. The fourth-order valence-corrected chi connectivity index (χ4v) is 5.46. The monoisotopic (exact) mass is 329 g/mol. The first-order chi connectivity index (χ1) is 8.52. The number of nitrogens with one attached hydrogen (secondary N) is 1. The van der Waals surface area contributed by atoms with E-state index in [4.69, 9.17) is 0 Å². The predicted octanol–water partition coefficient (Wildman–Crippen LogP) is 1.72. The predicted molar refractivity (Wildman–Crippen MR) is 75.5 cm³/mol. The van der Waals surface area contributed by atoms with Gasteiger partial charge in [-0.05, 0) is 30.0 Å². The Bertz CT molecular complexity index is 566. The number of sulfone groups is 1. The Morgan fingerprint density at radius 2 is 2.11 bits per heavy atom. The highest BCUT2D eigenvalue weighted by molar-refractivity contribution is 9.10. The number of hydrogen-bond donors (Lipinski definition) is 1. The van der Waals surface area contributed by atoms with Gasteiger partial charge < -0.3 is 5.32 Å². The third kappa shape index (κ3) is 2.02. The molecule has 0 saturated carbocycles. The Morgan fingerprint density at radius 1 is 1.33 bits per heavy atom. The highest BCUT2D eigenvalue weighted by Gasteiger charge is 2.49. The van der Waals surface area contributed by atoms with Crippen LogP contribution < -0.4 is 5.32 Å². The lowest BCUT2D eigenvalue weighted by Gasteiger charge is -2.47. The molecule has 2 fully saturated rings. The molecule has 3 nitrogen and oxygen atoms in total. The van der Waals surface area contributed by atoms with Crippen LogP contribution in [0.2, 0.25) is 0 Å². The summed E-state index contributed by atoms with van der Waals surface area (Å²) < 4.78 is 24.5. The molecule has 0 aliphatic carbocycles. The molecule has 2 heterocycles. The summed E-state index contributed by atoms with van der Waals surface area (Å²) in [6, 6.07) is 8.29. The Morgan fingerprint density at radius 3 is 2.61 bits per heavy atom. The minimum atomic E-state index is -2.81. The smallest absolute Gasteiger partial charge is 0.150 e. The average Bonchev–Trinajstić information content (AvgIpc) is 2.58. The summed E-state index contributed by atoms with van der Waals surface area (Å²) >= 11 is 3.50. The minimum absolute atomic E-state index is 0.0212. The fraction of sp³-hybridized carbons (Fsp3) is 0.538. The molecule has 0 amide bonds. The zero-order valence-electron chi connectivity index (χ0n) is 10.0. The van der Waals surface area contributed by atoms with Crippen LogP contribution in [-0.2, 0) is 15.3 Å². The van der Waals surface area contributed by atoms with Crippen molar-refractivity contribution in [3.8, 4) is 0 Å². The van der Waals surface area contributed by atoms with E-state index >= 15 is 0 Å². The maximum atomic E-state index is 11.7. The van der Waals surface area contributed by atoms with Gasteiger partial charge in [0.05, 0.1) is 11.5 Å². The van der Waals surface area contributed by atoms with Gasteiger partial charge in [-0.3, -0.25) is 0 Å². The first kappa shape index (κ1) is 12.6. The minimum Gasteiger partial charge on any atom is -0.315 e. The Labute approximate surface area is 116 Å². The van der Waals surface area contributed by atoms with Crippen molar-refractivity contribution in [1.29, 1.82) is 0 Å². The number of halogens is 1. The van der Waals surface area contributed by atoms with E-state index in [1.54, 1.807) is 0 Å². The maximum Gasteiger partial charge on any atom is 0.150 e. The zero-order chi connectivity index (χ0) is 12.8. The van der Waals surface area contributed by atoms with Crippen molar-refractivity contribution in [3.05, 3.63) is 34.3 Å². The third-order valence-electron chi connectivity index (χ3n) is 4.29. The van der Waals surface area contributed by atoms with Crippen molar-refractivity contribution >= 4 is 25.8 Å². The van der Waals surface area contributed by atoms with Gasteiger partial charge in [0.25, 0.3) is 0 Å². The van der Waals surface area contributed by atoms with Crippen molar-refractivity contribution in [2.75, 3.05) is 24.6 Å². The molecular weight excluding hydrogens is 314 g/mol. The van der Waals surface area contributed by atoms with E-state index in [0.717, 1.165) is 24.0 Å². The van der Waals surface area contributed by atoms with Gasteiger partial charge in [-0.25, -0.2) is 8.42 Å². The van der Waals surface area contributed by atoms with Crippen LogP contribution in [0.4, 0.5) is 0 Å². The van der Waals surface area contributed by atoms with Crippen LogP contribution >= 0.6 is 15.9 Å². The van der Waals surface area contributed by atoms with E-state index in [1.807, 2.05) is 12.1 Å². The molecule has 2 aliphatic rings. The number of hydrogen-bond acceptors (Lipinski definition) is 3. The van der Waals surface area contributed by atoms with Crippen LogP contribution in [0.1, 0.15) is 12.0 Å². The van der Waals surface area contributed by atoms with Crippen LogP contribution in [0.25, 0.3) is 0 Å². The molecule has 5 heteroatoms. The highest BCUT2D eigenvalue weighted by Crippen LogP contribution is 2.42. The molecule has 1 N–H and O–H groups in total. The standard InChI is InChI=1S/C13H16BrNO2S/c14-12-3-1-2-10(6-12)13(8-15-9-13)11-4-5-18(16,17)7-11/h1-3,6,11,15H,4-5,7-9H2. The molecule has 0 aromatic heterocycles. The van der Waals surface area contributed by atoms with Crippen LogP contribution in [0.5, 0.6) is 0 Å². The number of rotatable bonds is 2. The van der Waals surface area contributed by atoms with E-state index in [-0.39, 0.29) is 11.3 Å². The van der Waals surface area contributed by atoms with E-state index < -0.39 is 9.84 Å². The second-order valence-electron chi connectivity index (χ2n) is 5.37. The molecular formula is C13H16BrNO2S. The molecule has 1 aromatic rings. The highest BCUT2D eigenvalue weighted by atomic mass is 79.9. The summed E-state index contributed by atoms with van der Waals surface area (Å²) in [5.41, 5.74) is 1.28. The summed E-state index contributed by atoms with van der Waals surface area (Å²) in [5, 5.41) is 3.31. The maximum absolute atomic E-state index is 11.7. The molecule has 1 unspecified atom stereocenters. The van der Waals surface area contributed by atoms with Gasteiger partial charge in [0, 0.05) is 23.0 Å². The van der Waals surface area contributed by atoms with Gasteiger partial charge in [0.15, 0.2) is 9.84 Å². The van der Waals surface area contributed by atoms with Crippen LogP contribution in [0.3, 0.4) is 0 Å². The van der Waals surface area contributed by atoms with Crippen molar-refractivity contribution < 1.29 is 8.42 Å². The Kier molecular flexibility index (Phi) is 3.03. The van der Waals surface area contributed by atoms with E-state index in [2.05, 4.69) is 33.4 Å². The summed E-state index contributed by atoms with van der Waals surface area (Å²) in [6.07, 6.45) is 0.802. The van der Waals surface area contributed by atoms with E-state index in [9.17, 15) is 8.42 Å². The van der Waals surface area contributed by atoms with E-state index in [0.29, 0.717) is 11.5 Å². The molecule has 0 spiro atoms. The first-order valence-corrected chi connectivity index (χ1v) is 8.80. The lowest BCUT2D eigenvalue weighted by atomic mass is 9.66. The summed E-state index contributed by atoms with van der Waals surface area (Å²) in [5.74, 6) is 0.965. The van der Waals surface area contributed by atoms with Gasteiger partial charge in [-0.2, -0.15) is 0 Å². The van der Waals surface area contributed by atoms with Crippen LogP contribution in [-0.4, -0.2) is 33.0 Å².